The Bertz CT molecular complexity index is 250. The van der Waals surface area contributed by atoms with Crippen LogP contribution in [0.4, 0.5) is 0 Å². The predicted octanol–water partition coefficient (Wildman–Crippen LogP) is 0.715. The third kappa shape index (κ3) is 3.73. The van der Waals surface area contributed by atoms with E-state index in [0.29, 0.717) is 8.58 Å². The summed E-state index contributed by atoms with van der Waals surface area (Å²) in [4.78, 5) is 0. The Morgan fingerprint density at radius 2 is 1.93 bits per heavy atom. The van der Waals surface area contributed by atoms with Gasteiger partial charge in [0.2, 0.25) is 0 Å². The van der Waals surface area contributed by atoms with Crippen LogP contribution in [0.5, 0.6) is 0 Å². The van der Waals surface area contributed by atoms with E-state index in [1.54, 1.807) is 0 Å². The van der Waals surface area contributed by atoms with E-state index in [0.717, 1.165) is 19.8 Å². The van der Waals surface area contributed by atoms with Crippen molar-refractivity contribution in [1.82, 2.24) is 0 Å². The Morgan fingerprint density at radius 1 is 1.14 bits per heavy atom. The van der Waals surface area contributed by atoms with Crippen molar-refractivity contribution in [2.75, 3.05) is 19.8 Å². The summed E-state index contributed by atoms with van der Waals surface area (Å²) in [7, 11) is 0.706. The van der Waals surface area contributed by atoms with Gasteiger partial charge in [0, 0.05) is 0 Å². The van der Waals surface area contributed by atoms with E-state index in [9.17, 15) is 0 Å². The third-order valence-electron chi connectivity index (χ3n) is 1.92. The van der Waals surface area contributed by atoms with Gasteiger partial charge in [-0.15, -0.1) is 0 Å². The van der Waals surface area contributed by atoms with Gasteiger partial charge in [-0.3, -0.25) is 0 Å². The van der Waals surface area contributed by atoms with Gasteiger partial charge in [-0.1, -0.05) is 38.9 Å². The van der Waals surface area contributed by atoms with E-state index in [1.807, 2.05) is 6.07 Å². The summed E-state index contributed by atoms with van der Waals surface area (Å²) in [6.45, 7) is 2.23. The Kier molecular flexibility index (Phi) is 5.78. The Hall–Kier alpha value is 0.167. The fourth-order valence-electron chi connectivity index (χ4n) is 1.29. The van der Waals surface area contributed by atoms with Crippen LogP contribution < -0.4 is 5.30 Å². The number of rotatable bonds is 2. The predicted molar refractivity (Wildman–Crippen MR) is 62.1 cm³/mol. The summed E-state index contributed by atoms with van der Waals surface area (Å²) in [5.41, 5.74) is 0. The topological polar surface area (TPSA) is 18.5 Å². The summed E-state index contributed by atoms with van der Waals surface area (Å²) >= 11 is 0. The van der Waals surface area contributed by atoms with Gasteiger partial charge in [0.25, 0.3) is 0 Å². The molecule has 0 spiro atoms. The van der Waals surface area contributed by atoms with Crippen molar-refractivity contribution < 1.29 is 9.47 Å². The second-order valence-corrected chi connectivity index (χ2v) is 4.45. The van der Waals surface area contributed by atoms with Gasteiger partial charge in [0.15, 0.2) is 0 Å². The molecule has 0 aromatic heterocycles. The Labute approximate surface area is 98.3 Å². The van der Waals surface area contributed by atoms with Crippen LogP contribution in [0.15, 0.2) is 30.3 Å². The molecule has 0 saturated carbocycles. The standard InChI is InChI=1S/C10H13O2P.Li.H/c1-2-4-9(5-3-1)13-10-8-11-6-7-12-10;;/h1-5,10,13H,6-8H2;;. The largest absolute Gasteiger partial charge is 0.376 e. The maximum Gasteiger partial charge on any atom is 0.101 e. The number of benzene rings is 1. The molecule has 1 aromatic rings. The van der Waals surface area contributed by atoms with E-state index in [4.69, 9.17) is 9.47 Å². The summed E-state index contributed by atoms with van der Waals surface area (Å²) in [6.07, 6.45) is 0. The Morgan fingerprint density at radius 3 is 2.57 bits per heavy atom. The molecule has 1 fully saturated rings. The molecule has 72 valence electrons. The van der Waals surface area contributed by atoms with E-state index in [1.165, 1.54) is 5.30 Å². The quantitative estimate of drug-likeness (QED) is 0.522. The van der Waals surface area contributed by atoms with E-state index in [-0.39, 0.29) is 24.7 Å². The normalized spacial score (nSPS) is 22.1. The summed E-state index contributed by atoms with van der Waals surface area (Å²) in [5, 5.41) is 1.35. The van der Waals surface area contributed by atoms with Crippen LogP contribution in [0.2, 0.25) is 0 Å². The second kappa shape index (κ2) is 6.61. The molecule has 2 unspecified atom stereocenters. The smallest absolute Gasteiger partial charge is 0.101 e. The van der Waals surface area contributed by atoms with E-state index < -0.39 is 0 Å². The van der Waals surface area contributed by atoms with Crippen molar-refractivity contribution in [1.29, 1.82) is 0 Å². The minimum atomic E-state index is 0. The van der Waals surface area contributed by atoms with Crippen molar-refractivity contribution >= 4 is 32.7 Å². The molecule has 0 radical (unpaired) electrons. The van der Waals surface area contributed by atoms with Gasteiger partial charge in [-0.05, 0) is 5.30 Å². The molecule has 4 heteroatoms. The van der Waals surface area contributed by atoms with Crippen LogP contribution in [-0.4, -0.2) is 44.5 Å². The van der Waals surface area contributed by atoms with Gasteiger partial charge in [0.1, 0.15) is 5.85 Å². The Balaban J connectivity index is 0.000000980. The number of ether oxygens (including phenoxy) is 2. The molecular weight excluding hydrogens is 190 g/mol. The zero-order chi connectivity index (χ0) is 8.93. The average Bonchev–Trinajstić information content (AvgIpc) is 2.21. The van der Waals surface area contributed by atoms with Crippen molar-refractivity contribution in [3.05, 3.63) is 30.3 Å². The minimum Gasteiger partial charge on any atom is -0.376 e. The molecule has 1 aromatic carbocycles. The third-order valence-corrected chi connectivity index (χ3v) is 3.24. The van der Waals surface area contributed by atoms with Gasteiger partial charge < -0.3 is 9.47 Å². The van der Waals surface area contributed by atoms with Crippen LogP contribution in [0.3, 0.4) is 0 Å². The fourth-order valence-corrected chi connectivity index (χ4v) is 2.45. The van der Waals surface area contributed by atoms with Gasteiger partial charge in [-0.25, -0.2) is 0 Å². The van der Waals surface area contributed by atoms with Crippen LogP contribution in [0.1, 0.15) is 0 Å². The molecule has 1 heterocycles. The van der Waals surface area contributed by atoms with Crippen LogP contribution in [0, 0.1) is 0 Å². The van der Waals surface area contributed by atoms with Crippen molar-refractivity contribution in [3.63, 3.8) is 0 Å². The average molecular weight is 204 g/mol. The summed E-state index contributed by atoms with van der Waals surface area (Å²) < 4.78 is 10.9. The second-order valence-electron chi connectivity index (χ2n) is 2.94. The molecule has 1 aliphatic rings. The minimum absolute atomic E-state index is 0. The first-order chi connectivity index (χ1) is 6.45. The molecule has 0 N–H and O–H groups in total. The maximum absolute atomic E-state index is 5.57. The fraction of sp³-hybridized carbons (Fsp3) is 0.400. The first-order valence-corrected chi connectivity index (χ1v) is 5.54. The monoisotopic (exact) mass is 204 g/mol. The number of hydrogen-bond donors (Lipinski definition) is 0. The molecule has 1 aliphatic heterocycles. The molecule has 14 heavy (non-hydrogen) atoms. The number of hydrogen-bond acceptors (Lipinski definition) is 2. The summed E-state index contributed by atoms with van der Waals surface area (Å²) in [5.74, 6) is 0.274. The summed E-state index contributed by atoms with van der Waals surface area (Å²) in [6, 6.07) is 10.4. The zero-order valence-electron chi connectivity index (χ0n) is 7.40. The molecule has 2 nitrogen and oxygen atoms in total. The van der Waals surface area contributed by atoms with Crippen LogP contribution in [0.25, 0.3) is 0 Å². The van der Waals surface area contributed by atoms with Gasteiger partial charge >= 0.3 is 18.9 Å². The first kappa shape index (κ1) is 12.2. The SMILES string of the molecule is [LiH].c1ccc(PC2COCCO2)cc1. The molecule has 0 aliphatic carbocycles. The molecule has 0 bridgehead atoms. The van der Waals surface area contributed by atoms with E-state index in [2.05, 4.69) is 24.3 Å². The molecule has 2 atom stereocenters. The molecular formula is C10H14LiO2P. The maximum atomic E-state index is 5.57. The van der Waals surface area contributed by atoms with Crippen molar-refractivity contribution in [2.45, 2.75) is 5.85 Å². The van der Waals surface area contributed by atoms with E-state index >= 15 is 0 Å². The molecule has 0 amide bonds. The van der Waals surface area contributed by atoms with Crippen molar-refractivity contribution in [3.8, 4) is 0 Å². The van der Waals surface area contributed by atoms with Gasteiger partial charge in [0.05, 0.1) is 19.8 Å². The molecule has 1 saturated heterocycles. The van der Waals surface area contributed by atoms with Crippen LogP contribution in [-0.2, 0) is 9.47 Å². The molecule has 2 rings (SSSR count). The zero-order valence-corrected chi connectivity index (χ0v) is 8.40. The van der Waals surface area contributed by atoms with Crippen LogP contribution >= 0.6 is 8.58 Å². The first-order valence-electron chi connectivity index (χ1n) is 4.46. The van der Waals surface area contributed by atoms with Gasteiger partial charge in [-0.2, -0.15) is 0 Å². The van der Waals surface area contributed by atoms with Crippen molar-refractivity contribution in [2.24, 2.45) is 0 Å².